The summed E-state index contributed by atoms with van der Waals surface area (Å²) >= 11 is 1.19. The lowest BCUT2D eigenvalue weighted by Gasteiger charge is -2.24. The fraction of sp³-hybridized carbons (Fsp3) is 0.120. The van der Waals surface area contributed by atoms with Gasteiger partial charge in [0.05, 0.1) is 17.9 Å². The lowest BCUT2D eigenvalue weighted by Crippen LogP contribution is -2.31. The molecule has 1 unspecified atom stereocenters. The first-order chi connectivity index (χ1) is 16.5. The summed E-state index contributed by atoms with van der Waals surface area (Å²) in [4.78, 5) is 27.6. The molecular weight excluding hydrogens is 454 g/mol. The molecule has 1 atom stereocenters. The number of amides is 1. The standard InChI is InChI=1S/C25H19N3O5S/c1-15-26-27-25(34-15)28-21(20(23(30)24(28)31)22(29)19-8-5-13-32-19)17-9-11-18(12-10-17)33-14-16-6-3-2-4-7-16/h2-13,21,30H,14H2,1H3. The molecule has 2 aromatic heterocycles. The third-order valence-corrected chi connectivity index (χ3v) is 6.20. The Morgan fingerprint density at radius 2 is 1.85 bits per heavy atom. The molecule has 0 fully saturated rings. The van der Waals surface area contributed by atoms with Gasteiger partial charge in [-0.1, -0.05) is 53.8 Å². The SMILES string of the molecule is Cc1nnc(N2C(=O)C(O)=C(C(=O)c3ccco3)C2c2ccc(OCc3ccccc3)cc2)s1. The first kappa shape index (κ1) is 21.6. The number of carbonyl (C=O) groups is 2. The molecule has 4 aromatic rings. The second-order valence-corrected chi connectivity index (χ2v) is 8.75. The largest absolute Gasteiger partial charge is 0.503 e. The van der Waals surface area contributed by atoms with Crippen molar-refractivity contribution in [1.82, 2.24) is 10.2 Å². The average molecular weight is 474 g/mol. The number of carbonyl (C=O) groups excluding carboxylic acids is 2. The number of aliphatic hydroxyl groups excluding tert-OH is 1. The lowest BCUT2D eigenvalue weighted by molar-refractivity contribution is -0.117. The van der Waals surface area contributed by atoms with Crippen LogP contribution in [0, 0.1) is 6.92 Å². The molecule has 0 aliphatic carbocycles. The maximum Gasteiger partial charge on any atom is 0.296 e. The monoisotopic (exact) mass is 473 g/mol. The predicted molar refractivity (Wildman–Crippen MR) is 125 cm³/mol. The third-order valence-electron chi connectivity index (χ3n) is 5.36. The fourth-order valence-corrected chi connectivity index (χ4v) is 4.48. The molecular formula is C25H19N3O5S. The number of rotatable bonds is 7. The molecule has 2 aromatic carbocycles. The van der Waals surface area contributed by atoms with Crippen molar-refractivity contribution in [2.24, 2.45) is 0 Å². The Morgan fingerprint density at radius 1 is 1.09 bits per heavy atom. The molecule has 0 saturated heterocycles. The molecule has 34 heavy (non-hydrogen) atoms. The number of aryl methyl sites for hydroxylation is 1. The van der Waals surface area contributed by atoms with Gasteiger partial charge in [-0.25, -0.2) is 0 Å². The quantitative estimate of drug-likeness (QED) is 0.384. The third kappa shape index (κ3) is 3.97. The van der Waals surface area contributed by atoms with Gasteiger partial charge in [0.15, 0.2) is 11.5 Å². The molecule has 0 spiro atoms. The van der Waals surface area contributed by atoms with E-state index in [-0.39, 0.29) is 16.5 Å². The van der Waals surface area contributed by atoms with Crippen LogP contribution in [0.15, 0.2) is 88.7 Å². The van der Waals surface area contributed by atoms with Gasteiger partial charge in [-0.05, 0) is 42.3 Å². The summed E-state index contributed by atoms with van der Waals surface area (Å²) in [5, 5.41) is 19.7. The van der Waals surface area contributed by atoms with Crippen molar-refractivity contribution in [2.75, 3.05) is 4.90 Å². The summed E-state index contributed by atoms with van der Waals surface area (Å²) in [6.45, 7) is 2.17. The Kier molecular flexibility index (Phi) is 5.69. The minimum absolute atomic E-state index is 0.0254. The molecule has 9 heteroatoms. The van der Waals surface area contributed by atoms with Crippen LogP contribution in [0.4, 0.5) is 5.13 Å². The zero-order valence-electron chi connectivity index (χ0n) is 18.0. The molecule has 0 saturated carbocycles. The van der Waals surface area contributed by atoms with E-state index < -0.39 is 23.5 Å². The van der Waals surface area contributed by atoms with E-state index in [0.717, 1.165) is 5.56 Å². The van der Waals surface area contributed by atoms with Crippen molar-refractivity contribution in [2.45, 2.75) is 19.6 Å². The van der Waals surface area contributed by atoms with E-state index in [1.165, 1.54) is 28.6 Å². The number of anilines is 1. The number of ether oxygens (including phenoxy) is 1. The highest BCUT2D eigenvalue weighted by Crippen LogP contribution is 2.43. The Morgan fingerprint density at radius 3 is 2.50 bits per heavy atom. The number of Topliss-reactive ketones (excluding diaryl/α,β-unsaturated/α-hetero) is 1. The first-order valence-electron chi connectivity index (χ1n) is 10.4. The predicted octanol–water partition coefficient (Wildman–Crippen LogP) is 4.80. The van der Waals surface area contributed by atoms with E-state index in [9.17, 15) is 14.7 Å². The topological polar surface area (TPSA) is 106 Å². The molecule has 0 radical (unpaired) electrons. The van der Waals surface area contributed by atoms with Crippen LogP contribution in [0.25, 0.3) is 0 Å². The molecule has 170 valence electrons. The number of nitrogens with zero attached hydrogens (tertiary/aromatic N) is 3. The fourth-order valence-electron chi connectivity index (χ4n) is 3.76. The van der Waals surface area contributed by atoms with E-state index in [1.807, 2.05) is 30.3 Å². The highest BCUT2D eigenvalue weighted by molar-refractivity contribution is 7.15. The molecule has 1 aliphatic heterocycles. The molecule has 5 rings (SSSR count). The van der Waals surface area contributed by atoms with E-state index >= 15 is 0 Å². The minimum atomic E-state index is -0.902. The van der Waals surface area contributed by atoms with Gasteiger partial charge < -0.3 is 14.3 Å². The lowest BCUT2D eigenvalue weighted by atomic mass is 9.95. The van der Waals surface area contributed by atoms with Gasteiger partial charge in [0.2, 0.25) is 10.9 Å². The van der Waals surface area contributed by atoms with Gasteiger partial charge in [0.1, 0.15) is 17.4 Å². The van der Waals surface area contributed by atoms with E-state index in [2.05, 4.69) is 10.2 Å². The van der Waals surface area contributed by atoms with E-state index in [0.29, 0.717) is 22.9 Å². The second-order valence-electron chi connectivity index (χ2n) is 7.59. The zero-order chi connectivity index (χ0) is 23.7. The van der Waals surface area contributed by atoms with Crippen molar-refractivity contribution < 1.29 is 23.8 Å². The van der Waals surface area contributed by atoms with Crippen LogP contribution in [-0.2, 0) is 11.4 Å². The van der Waals surface area contributed by atoms with Crippen molar-refractivity contribution >= 4 is 28.2 Å². The summed E-state index contributed by atoms with van der Waals surface area (Å²) in [6.07, 6.45) is 1.36. The smallest absolute Gasteiger partial charge is 0.296 e. The number of ketones is 1. The molecule has 1 N–H and O–H groups in total. The van der Waals surface area contributed by atoms with Crippen molar-refractivity contribution in [1.29, 1.82) is 0 Å². The van der Waals surface area contributed by atoms with Gasteiger partial charge in [-0.2, -0.15) is 0 Å². The van der Waals surface area contributed by atoms with Crippen LogP contribution in [0.1, 0.15) is 32.7 Å². The summed E-state index contributed by atoms with van der Waals surface area (Å²) in [7, 11) is 0. The Labute approximate surface area is 198 Å². The van der Waals surface area contributed by atoms with Crippen molar-refractivity contribution in [3.05, 3.63) is 106 Å². The molecule has 8 nitrogen and oxygen atoms in total. The van der Waals surface area contributed by atoms with E-state index in [4.69, 9.17) is 9.15 Å². The molecule has 1 aliphatic rings. The Balaban J connectivity index is 1.49. The summed E-state index contributed by atoms with van der Waals surface area (Å²) in [6, 6.07) is 19.0. The second kappa shape index (κ2) is 8.95. The van der Waals surface area contributed by atoms with Crippen molar-refractivity contribution in [3.63, 3.8) is 0 Å². The summed E-state index contributed by atoms with van der Waals surface area (Å²) in [5.74, 6) is -1.28. The van der Waals surface area contributed by atoms with Crippen molar-refractivity contribution in [3.8, 4) is 5.75 Å². The summed E-state index contributed by atoms with van der Waals surface area (Å²) < 4.78 is 11.1. The normalized spacial score (nSPS) is 15.7. The number of aliphatic hydroxyl groups is 1. The van der Waals surface area contributed by atoms with Crippen LogP contribution >= 0.6 is 11.3 Å². The molecule has 1 amide bonds. The number of hydrogen-bond donors (Lipinski definition) is 1. The van der Waals surface area contributed by atoms with Gasteiger partial charge in [-0.3, -0.25) is 14.5 Å². The van der Waals surface area contributed by atoms with E-state index in [1.54, 1.807) is 37.3 Å². The average Bonchev–Trinajstić information content (AvgIpc) is 3.59. The Bertz CT molecular complexity index is 1360. The number of furan rings is 1. The summed E-state index contributed by atoms with van der Waals surface area (Å²) in [5.41, 5.74) is 1.56. The van der Waals surface area contributed by atoms with Crippen LogP contribution in [0.2, 0.25) is 0 Å². The maximum atomic E-state index is 13.2. The highest BCUT2D eigenvalue weighted by Gasteiger charge is 2.46. The molecule has 3 heterocycles. The number of aromatic nitrogens is 2. The zero-order valence-corrected chi connectivity index (χ0v) is 18.9. The van der Waals surface area contributed by atoms with Crippen LogP contribution in [0.5, 0.6) is 5.75 Å². The Hall–Kier alpha value is -4.24. The van der Waals surface area contributed by atoms with Crippen LogP contribution < -0.4 is 9.64 Å². The first-order valence-corrected chi connectivity index (χ1v) is 11.3. The number of benzene rings is 2. The minimum Gasteiger partial charge on any atom is -0.503 e. The number of hydrogen-bond acceptors (Lipinski definition) is 8. The van der Waals surface area contributed by atoms with Gasteiger partial charge in [-0.15, -0.1) is 10.2 Å². The molecule has 0 bridgehead atoms. The maximum absolute atomic E-state index is 13.2. The van der Waals surface area contributed by atoms with Gasteiger partial charge >= 0.3 is 0 Å². The van der Waals surface area contributed by atoms with Crippen LogP contribution in [0.3, 0.4) is 0 Å². The van der Waals surface area contributed by atoms with Crippen LogP contribution in [-0.4, -0.2) is 27.0 Å². The van der Waals surface area contributed by atoms with Gasteiger partial charge in [0.25, 0.3) is 5.91 Å². The highest BCUT2D eigenvalue weighted by atomic mass is 32.1. The van der Waals surface area contributed by atoms with Gasteiger partial charge in [0, 0.05) is 0 Å².